The van der Waals surface area contributed by atoms with Crippen LogP contribution in [0.3, 0.4) is 0 Å². The van der Waals surface area contributed by atoms with E-state index in [9.17, 15) is 0 Å². The van der Waals surface area contributed by atoms with E-state index in [0.29, 0.717) is 16.4 Å². The average Bonchev–Trinajstić information content (AvgIpc) is 2.14. The second kappa shape index (κ2) is 6.41. The van der Waals surface area contributed by atoms with Crippen LogP contribution in [0.2, 0.25) is 0 Å². The van der Waals surface area contributed by atoms with Crippen LogP contribution in [0, 0.1) is 16.7 Å². The first-order valence-corrected chi connectivity index (χ1v) is 7.71. The zero-order chi connectivity index (χ0) is 14.6. The molecule has 0 bridgehead atoms. The van der Waals surface area contributed by atoms with Crippen LogP contribution in [-0.4, -0.2) is 12.1 Å². The van der Waals surface area contributed by atoms with Gasteiger partial charge in [0.15, 0.2) is 0 Å². The molecule has 0 saturated heterocycles. The van der Waals surface area contributed by atoms with E-state index >= 15 is 0 Å². The molecule has 1 N–H and O–H groups in total. The molecule has 0 radical (unpaired) electrons. The Labute approximate surface area is 116 Å². The Morgan fingerprint density at radius 2 is 1.44 bits per heavy atom. The van der Waals surface area contributed by atoms with E-state index in [1.54, 1.807) is 0 Å². The van der Waals surface area contributed by atoms with Gasteiger partial charge in [-0.1, -0.05) is 55.4 Å². The fraction of sp³-hybridized carbons (Fsp3) is 1.00. The van der Waals surface area contributed by atoms with Crippen LogP contribution in [0.15, 0.2) is 0 Å². The second-order valence-electron chi connectivity index (χ2n) is 8.28. The molecule has 0 rings (SSSR count). The van der Waals surface area contributed by atoms with Crippen molar-refractivity contribution in [2.45, 2.75) is 87.1 Å². The van der Waals surface area contributed by atoms with Gasteiger partial charge in [-0.3, -0.25) is 0 Å². The van der Waals surface area contributed by atoms with Gasteiger partial charge >= 0.3 is 0 Å². The van der Waals surface area contributed by atoms with E-state index in [-0.39, 0.29) is 0 Å². The predicted molar refractivity (Wildman–Crippen MR) is 84.0 cm³/mol. The van der Waals surface area contributed by atoms with Crippen LogP contribution in [0.5, 0.6) is 0 Å². The number of rotatable bonds is 7. The highest BCUT2D eigenvalue weighted by Gasteiger charge is 2.34. The molecule has 0 aromatic carbocycles. The number of hydrogen-bond donors (Lipinski definition) is 1. The molecule has 18 heavy (non-hydrogen) atoms. The maximum absolute atomic E-state index is 3.67. The highest BCUT2D eigenvalue weighted by Crippen LogP contribution is 2.42. The van der Waals surface area contributed by atoms with Gasteiger partial charge in [-0.15, -0.1) is 0 Å². The Balaban J connectivity index is 4.68. The molecule has 1 nitrogen and oxygen atoms in total. The summed E-state index contributed by atoms with van der Waals surface area (Å²) in [5, 5.41) is 3.67. The maximum atomic E-state index is 3.67. The molecule has 2 atom stereocenters. The lowest BCUT2D eigenvalue weighted by Gasteiger charge is -2.42. The third kappa shape index (κ3) is 6.22. The zero-order valence-electron chi connectivity index (χ0n) is 14.4. The lowest BCUT2D eigenvalue weighted by atomic mass is 9.66. The molecule has 0 spiro atoms. The number of hydrogen-bond acceptors (Lipinski definition) is 1. The largest absolute Gasteiger partial charge is 0.312 e. The summed E-state index contributed by atoms with van der Waals surface area (Å²) in [6.45, 7) is 22.3. The van der Waals surface area contributed by atoms with Gasteiger partial charge in [0.25, 0.3) is 0 Å². The quantitative estimate of drug-likeness (QED) is 0.655. The first-order valence-electron chi connectivity index (χ1n) is 7.71. The van der Waals surface area contributed by atoms with Crippen LogP contribution in [-0.2, 0) is 0 Å². The first-order chi connectivity index (χ1) is 7.96. The van der Waals surface area contributed by atoms with Crippen LogP contribution in [0.1, 0.15) is 81.6 Å². The summed E-state index contributed by atoms with van der Waals surface area (Å²) in [6, 6.07) is 0. The number of nitrogens with one attached hydrogen (secondary N) is 1. The topological polar surface area (TPSA) is 12.0 Å². The molecule has 110 valence electrons. The first kappa shape index (κ1) is 18.0. The molecule has 2 unspecified atom stereocenters. The highest BCUT2D eigenvalue weighted by molar-refractivity contribution is 4.89. The van der Waals surface area contributed by atoms with Gasteiger partial charge in [0.05, 0.1) is 0 Å². The van der Waals surface area contributed by atoms with Crippen molar-refractivity contribution in [1.29, 1.82) is 0 Å². The minimum Gasteiger partial charge on any atom is -0.312 e. The highest BCUT2D eigenvalue weighted by atomic mass is 15.0. The standard InChI is InChI=1S/C17H37N/c1-10-17(9,18-11-2)12-14(3)16(7,8)13-15(4,5)6/h14,18H,10-13H2,1-9H3. The van der Waals surface area contributed by atoms with E-state index in [1.807, 2.05) is 0 Å². The van der Waals surface area contributed by atoms with Crippen molar-refractivity contribution < 1.29 is 0 Å². The molecular formula is C17H37N. The van der Waals surface area contributed by atoms with Crippen molar-refractivity contribution in [3.05, 3.63) is 0 Å². The summed E-state index contributed by atoms with van der Waals surface area (Å²) >= 11 is 0. The monoisotopic (exact) mass is 255 g/mol. The summed E-state index contributed by atoms with van der Waals surface area (Å²) in [4.78, 5) is 0. The van der Waals surface area contributed by atoms with E-state index in [4.69, 9.17) is 0 Å². The molecule has 0 aliphatic carbocycles. The average molecular weight is 255 g/mol. The molecule has 0 saturated carbocycles. The van der Waals surface area contributed by atoms with Crippen molar-refractivity contribution >= 4 is 0 Å². The molecule has 0 amide bonds. The molecule has 0 aromatic heterocycles. The molecule has 0 fully saturated rings. The molecule has 0 aromatic rings. The Morgan fingerprint density at radius 3 is 1.78 bits per heavy atom. The third-order valence-corrected chi connectivity index (χ3v) is 4.46. The smallest absolute Gasteiger partial charge is 0.0153 e. The van der Waals surface area contributed by atoms with Crippen LogP contribution >= 0.6 is 0 Å². The van der Waals surface area contributed by atoms with E-state index in [2.05, 4.69) is 67.6 Å². The Bertz CT molecular complexity index is 236. The summed E-state index contributed by atoms with van der Waals surface area (Å²) in [7, 11) is 0. The minimum absolute atomic E-state index is 0.295. The van der Waals surface area contributed by atoms with Crippen molar-refractivity contribution in [3.63, 3.8) is 0 Å². The van der Waals surface area contributed by atoms with E-state index in [0.717, 1.165) is 12.5 Å². The fourth-order valence-electron chi connectivity index (χ4n) is 3.26. The fourth-order valence-corrected chi connectivity index (χ4v) is 3.26. The van der Waals surface area contributed by atoms with Gasteiger partial charge in [0.1, 0.15) is 0 Å². The molecule has 1 heteroatoms. The Morgan fingerprint density at radius 1 is 0.944 bits per heavy atom. The Kier molecular flexibility index (Phi) is 6.40. The van der Waals surface area contributed by atoms with Gasteiger partial charge in [-0.2, -0.15) is 0 Å². The van der Waals surface area contributed by atoms with Crippen molar-refractivity contribution in [3.8, 4) is 0 Å². The van der Waals surface area contributed by atoms with Crippen molar-refractivity contribution in [1.82, 2.24) is 5.32 Å². The zero-order valence-corrected chi connectivity index (χ0v) is 14.4. The molecule has 0 heterocycles. The summed E-state index contributed by atoms with van der Waals surface area (Å²) < 4.78 is 0. The lowest BCUT2D eigenvalue weighted by Crippen LogP contribution is -2.45. The third-order valence-electron chi connectivity index (χ3n) is 4.46. The predicted octanol–water partition coefficient (Wildman–Crippen LogP) is 5.25. The van der Waals surface area contributed by atoms with Gasteiger partial charge < -0.3 is 5.32 Å². The molecule has 0 aliphatic heterocycles. The second-order valence-corrected chi connectivity index (χ2v) is 8.28. The van der Waals surface area contributed by atoms with Crippen molar-refractivity contribution in [2.75, 3.05) is 6.54 Å². The van der Waals surface area contributed by atoms with Crippen LogP contribution in [0.4, 0.5) is 0 Å². The SMILES string of the molecule is CCNC(C)(CC)CC(C)C(C)(C)CC(C)(C)C. The van der Waals surface area contributed by atoms with Crippen LogP contribution in [0.25, 0.3) is 0 Å². The lowest BCUT2D eigenvalue weighted by molar-refractivity contribution is 0.107. The summed E-state index contributed by atoms with van der Waals surface area (Å²) in [5.74, 6) is 0.737. The van der Waals surface area contributed by atoms with Crippen LogP contribution < -0.4 is 5.32 Å². The maximum Gasteiger partial charge on any atom is 0.0153 e. The van der Waals surface area contributed by atoms with Crippen molar-refractivity contribution in [2.24, 2.45) is 16.7 Å². The molecule has 0 aliphatic rings. The van der Waals surface area contributed by atoms with Gasteiger partial charge in [0.2, 0.25) is 0 Å². The summed E-state index contributed by atoms with van der Waals surface area (Å²) in [6.07, 6.45) is 3.75. The van der Waals surface area contributed by atoms with E-state index in [1.165, 1.54) is 19.3 Å². The summed E-state index contributed by atoms with van der Waals surface area (Å²) in [5.41, 5.74) is 1.12. The van der Waals surface area contributed by atoms with Gasteiger partial charge in [-0.25, -0.2) is 0 Å². The Hall–Kier alpha value is -0.0400. The van der Waals surface area contributed by atoms with Gasteiger partial charge in [-0.05, 0) is 49.5 Å². The minimum atomic E-state index is 0.295. The normalized spacial score (nSPS) is 18.5. The van der Waals surface area contributed by atoms with Gasteiger partial charge in [0, 0.05) is 5.54 Å². The molecular weight excluding hydrogens is 218 g/mol. The van der Waals surface area contributed by atoms with E-state index < -0.39 is 0 Å².